The summed E-state index contributed by atoms with van der Waals surface area (Å²) in [4.78, 5) is 31.1. The first-order chi connectivity index (χ1) is 17.3. The van der Waals surface area contributed by atoms with Crippen LogP contribution < -0.4 is 10.9 Å². The molecule has 0 atom stereocenters. The van der Waals surface area contributed by atoms with Gasteiger partial charge in [0.2, 0.25) is 15.9 Å². The summed E-state index contributed by atoms with van der Waals surface area (Å²) in [7, 11) is -3.54. The lowest BCUT2D eigenvalue weighted by atomic mass is 10.1. The summed E-state index contributed by atoms with van der Waals surface area (Å²) in [5.74, 6) is -0.412. The zero-order valence-corrected chi connectivity index (χ0v) is 22.4. The Hall–Kier alpha value is -2.86. The molecule has 2 aromatic carbocycles. The predicted molar refractivity (Wildman–Crippen MR) is 145 cm³/mol. The molecule has 0 saturated carbocycles. The number of nitrogens with one attached hydrogen (secondary N) is 1. The second kappa shape index (κ2) is 10.3. The van der Waals surface area contributed by atoms with E-state index in [2.05, 4.69) is 26.2 Å². The molecular weight excluding hydrogens is 564 g/mol. The molecular formula is C25H23BrN4O4S2. The molecule has 3 heterocycles. The third kappa shape index (κ3) is 5.01. The number of amides is 1. The Morgan fingerprint density at radius 1 is 1.03 bits per heavy atom. The van der Waals surface area contributed by atoms with Crippen molar-refractivity contribution in [1.29, 1.82) is 0 Å². The van der Waals surface area contributed by atoms with E-state index in [9.17, 15) is 18.0 Å². The molecule has 1 aliphatic heterocycles. The molecule has 186 valence electrons. The highest BCUT2D eigenvalue weighted by molar-refractivity contribution is 9.10. The third-order valence-corrected chi connectivity index (χ3v) is 9.45. The van der Waals surface area contributed by atoms with Gasteiger partial charge in [-0.25, -0.2) is 13.4 Å². The third-order valence-electron chi connectivity index (χ3n) is 6.12. The lowest BCUT2D eigenvalue weighted by molar-refractivity contribution is -0.116. The monoisotopic (exact) mass is 586 g/mol. The molecule has 1 fully saturated rings. The lowest BCUT2D eigenvalue weighted by Crippen LogP contribution is -2.35. The zero-order valence-electron chi connectivity index (χ0n) is 19.2. The first-order valence-corrected chi connectivity index (χ1v) is 14.6. The Kier molecular flexibility index (Phi) is 7.07. The molecule has 1 N–H and O–H groups in total. The summed E-state index contributed by atoms with van der Waals surface area (Å²) < 4.78 is 29.4. The second-order valence-corrected chi connectivity index (χ2v) is 12.3. The molecule has 1 amide bonds. The van der Waals surface area contributed by atoms with Crippen LogP contribution in [0.3, 0.4) is 0 Å². The maximum atomic E-state index is 13.2. The van der Waals surface area contributed by atoms with Gasteiger partial charge in [0.1, 0.15) is 11.4 Å². The minimum Gasteiger partial charge on any atom is -0.325 e. The van der Waals surface area contributed by atoms with Gasteiger partial charge < -0.3 is 5.32 Å². The maximum absolute atomic E-state index is 13.2. The van der Waals surface area contributed by atoms with E-state index in [4.69, 9.17) is 0 Å². The van der Waals surface area contributed by atoms with Crippen molar-refractivity contribution < 1.29 is 13.2 Å². The first-order valence-electron chi connectivity index (χ1n) is 11.5. The van der Waals surface area contributed by atoms with Gasteiger partial charge in [-0.15, -0.1) is 11.3 Å². The molecule has 0 aliphatic carbocycles. The van der Waals surface area contributed by atoms with Gasteiger partial charge >= 0.3 is 0 Å². The van der Waals surface area contributed by atoms with Gasteiger partial charge in [0, 0.05) is 34.2 Å². The number of rotatable bonds is 6. The van der Waals surface area contributed by atoms with Gasteiger partial charge in [0.15, 0.2) is 0 Å². The fourth-order valence-corrected chi connectivity index (χ4v) is 6.93. The van der Waals surface area contributed by atoms with Crippen molar-refractivity contribution in [3.63, 3.8) is 0 Å². The normalized spacial score (nSPS) is 14.7. The molecule has 2 aromatic heterocycles. The minimum absolute atomic E-state index is 0.200. The number of benzene rings is 2. The van der Waals surface area contributed by atoms with E-state index in [0.717, 1.165) is 34.9 Å². The quantitative estimate of drug-likeness (QED) is 0.353. The van der Waals surface area contributed by atoms with Crippen LogP contribution in [0.1, 0.15) is 19.3 Å². The van der Waals surface area contributed by atoms with Gasteiger partial charge in [-0.05, 0) is 54.8 Å². The molecule has 0 radical (unpaired) electrons. The average molecular weight is 588 g/mol. The number of anilines is 1. The van der Waals surface area contributed by atoms with Crippen LogP contribution in [0.4, 0.5) is 5.69 Å². The smallest absolute Gasteiger partial charge is 0.263 e. The maximum Gasteiger partial charge on any atom is 0.263 e. The molecule has 4 aromatic rings. The van der Waals surface area contributed by atoms with Crippen LogP contribution in [0.5, 0.6) is 0 Å². The number of carbonyl (C=O) groups is 1. The number of hydrogen-bond acceptors (Lipinski definition) is 6. The largest absolute Gasteiger partial charge is 0.325 e. The lowest BCUT2D eigenvalue weighted by Gasteiger charge is -2.25. The number of carbonyl (C=O) groups excluding carboxylic acids is 1. The summed E-state index contributed by atoms with van der Waals surface area (Å²) in [5, 5.41) is 5.10. The van der Waals surface area contributed by atoms with Crippen molar-refractivity contribution in [2.24, 2.45) is 0 Å². The Balaban J connectivity index is 1.32. The number of nitrogens with zero attached hydrogens (tertiary/aromatic N) is 3. The van der Waals surface area contributed by atoms with Crippen LogP contribution in [0.15, 0.2) is 74.4 Å². The van der Waals surface area contributed by atoms with Gasteiger partial charge in [-0.1, -0.05) is 34.5 Å². The first kappa shape index (κ1) is 24.8. The summed E-state index contributed by atoms with van der Waals surface area (Å²) in [6, 6.07) is 13.8. The van der Waals surface area contributed by atoms with E-state index >= 15 is 0 Å². The van der Waals surface area contributed by atoms with Gasteiger partial charge in [-0.2, -0.15) is 4.31 Å². The molecule has 36 heavy (non-hydrogen) atoms. The molecule has 1 aliphatic rings. The van der Waals surface area contributed by atoms with Gasteiger partial charge in [0.25, 0.3) is 5.56 Å². The van der Waals surface area contributed by atoms with Gasteiger partial charge in [-0.3, -0.25) is 14.2 Å². The number of aromatic nitrogens is 2. The topological polar surface area (TPSA) is 101 Å². The Labute approximate surface area is 220 Å². The molecule has 8 nitrogen and oxygen atoms in total. The van der Waals surface area contributed by atoms with Crippen molar-refractivity contribution >= 4 is 59.1 Å². The van der Waals surface area contributed by atoms with E-state index in [1.54, 1.807) is 12.1 Å². The number of piperidine rings is 1. The highest BCUT2D eigenvalue weighted by Gasteiger charge is 2.25. The second-order valence-electron chi connectivity index (χ2n) is 8.55. The number of thiophene rings is 1. The van der Waals surface area contributed by atoms with E-state index < -0.39 is 15.9 Å². The summed E-state index contributed by atoms with van der Waals surface area (Å²) in [5.41, 5.74) is 1.83. The Bertz CT molecular complexity index is 1570. The fourth-order valence-electron chi connectivity index (χ4n) is 4.24. The van der Waals surface area contributed by atoms with Crippen molar-refractivity contribution in [1.82, 2.24) is 13.9 Å². The van der Waals surface area contributed by atoms with E-state index in [1.807, 2.05) is 29.6 Å². The standard InChI is InChI=1S/C25H23BrN4O4S2/c26-18-6-4-17(5-7-18)21-15-35-24-23(21)25(32)29(16-27-24)14-22(31)28-19-8-10-20(11-9-19)36(33,34)30-12-2-1-3-13-30/h4-11,15-16H,1-3,12-14H2,(H,28,31). The number of hydrogen-bond donors (Lipinski definition) is 1. The van der Waals surface area contributed by atoms with Crippen molar-refractivity contribution in [2.45, 2.75) is 30.7 Å². The number of fused-ring (bicyclic) bond motifs is 1. The number of halogens is 1. The molecule has 0 spiro atoms. The van der Waals surface area contributed by atoms with E-state index in [0.29, 0.717) is 29.0 Å². The van der Waals surface area contributed by atoms with Crippen molar-refractivity contribution in [3.05, 3.63) is 75.1 Å². The van der Waals surface area contributed by atoms with E-state index in [-0.39, 0.29) is 17.0 Å². The highest BCUT2D eigenvalue weighted by atomic mass is 79.9. The highest BCUT2D eigenvalue weighted by Crippen LogP contribution is 2.31. The Morgan fingerprint density at radius 3 is 2.42 bits per heavy atom. The molecule has 11 heteroatoms. The predicted octanol–water partition coefficient (Wildman–Crippen LogP) is 4.70. The summed E-state index contributed by atoms with van der Waals surface area (Å²) in [6.07, 6.45) is 4.15. The average Bonchev–Trinajstić information content (AvgIpc) is 3.32. The van der Waals surface area contributed by atoms with Crippen LogP contribution in [-0.4, -0.2) is 41.3 Å². The van der Waals surface area contributed by atoms with Crippen LogP contribution in [0, 0.1) is 0 Å². The summed E-state index contributed by atoms with van der Waals surface area (Å²) >= 11 is 4.80. The Morgan fingerprint density at radius 2 is 1.72 bits per heavy atom. The molecule has 0 unspecified atom stereocenters. The van der Waals surface area contributed by atoms with Gasteiger partial charge in [0.05, 0.1) is 16.6 Å². The van der Waals surface area contributed by atoms with Crippen LogP contribution in [0.2, 0.25) is 0 Å². The SMILES string of the molecule is O=C(Cn1cnc2scc(-c3ccc(Br)cc3)c2c1=O)Nc1ccc(S(=O)(=O)N2CCCCC2)cc1. The van der Waals surface area contributed by atoms with Crippen molar-refractivity contribution in [2.75, 3.05) is 18.4 Å². The number of sulfonamides is 1. The van der Waals surface area contributed by atoms with Crippen LogP contribution in [0.25, 0.3) is 21.3 Å². The zero-order chi connectivity index (χ0) is 25.3. The molecule has 0 bridgehead atoms. The van der Waals surface area contributed by atoms with Crippen molar-refractivity contribution in [3.8, 4) is 11.1 Å². The van der Waals surface area contributed by atoms with Crippen LogP contribution in [-0.2, 0) is 21.4 Å². The van der Waals surface area contributed by atoms with Crippen LogP contribution >= 0.6 is 27.3 Å². The molecule has 5 rings (SSSR count). The minimum atomic E-state index is -3.54. The summed E-state index contributed by atoms with van der Waals surface area (Å²) in [6.45, 7) is 0.842. The fraction of sp³-hybridized carbons (Fsp3) is 0.240. The molecule has 1 saturated heterocycles. The van der Waals surface area contributed by atoms with E-state index in [1.165, 1.54) is 38.7 Å².